The number of nitrogens with zero attached hydrogens (tertiary/aromatic N) is 3. The summed E-state index contributed by atoms with van der Waals surface area (Å²) in [6, 6.07) is 8.59. The molecule has 35 heavy (non-hydrogen) atoms. The van der Waals surface area contributed by atoms with Crippen molar-refractivity contribution in [1.82, 2.24) is 14.7 Å². The van der Waals surface area contributed by atoms with Crippen molar-refractivity contribution >= 4 is 23.4 Å². The third-order valence-electron chi connectivity index (χ3n) is 6.58. The molecular weight excluding hydrogens is 452 g/mol. The highest BCUT2D eigenvalue weighted by molar-refractivity contribution is 5.93. The average molecular weight is 485 g/mol. The second kappa shape index (κ2) is 11.3. The molecule has 2 saturated heterocycles. The molecule has 2 aliphatic rings. The van der Waals surface area contributed by atoms with Crippen molar-refractivity contribution in [2.24, 2.45) is 5.92 Å². The molecule has 2 aliphatic heterocycles. The lowest BCUT2D eigenvalue weighted by Gasteiger charge is -2.38. The van der Waals surface area contributed by atoms with Gasteiger partial charge in [-0.15, -0.1) is 0 Å². The van der Waals surface area contributed by atoms with E-state index < -0.39 is 0 Å². The molecule has 0 radical (unpaired) electrons. The molecule has 1 aromatic heterocycles. The van der Waals surface area contributed by atoms with Crippen LogP contribution >= 0.6 is 0 Å². The van der Waals surface area contributed by atoms with Crippen LogP contribution in [0.3, 0.4) is 0 Å². The highest BCUT2D eigenvalue weighted by Crippen LogP contribution is 2.29. The number of nitrogens with one attached hydrogen (secondary N) is 1. The molecule has 10 nitrogen and oxygen atoms in total. The van der Waals surface area contributed by atoms with Gasteiger partial charge < -0.3 is 29.0 Å². The van der Waals surface area contributed by atoms with Gasteiger partial charge >= 0.3 is 0 Å². The van der Waals surface area contributed by atoms with Gasteiger partial charge in [0.1, 0.15) is 0 Å². The Bertz CT molecular complexity index is 1020. The number of ether oxygens (including phenoxy) is 2. The molecule has 2 aromatic rings. The van der Waals surface area contributed by atoms with Crippen molar-refractivity contribution in [2.75, 3.05) is 65.3 Å². The quantitative estimate of drug-likeness (QED) is 0.640. The standard InChI is InChI=1S/C25H32N4O6/c1-33-20-6-5-19(16-22(20)34-2)26-23(30)17-27-9-7-18(8-10-27)24(31)28-11-13-29(14-12-28)25(32)21-4-3-15-35-21/h3-6,15-16,18H,7-14,17H2,1-2H3,(H,26,30). The zero-order valence-electron chi connectivity index (χ0n) is 20.2. The molecule has 10 heteroatoms. The second-order valence-corrected chi connectivity index (χ2v) is 8.76. The summed E-state index contributed by atoms with van der Waals surface area (Å²) in [4.78, 5) is 43.6. The Morgan fingerprint density at radius 2 is 1.63 bits per heavy atom. The fourth-order valence-corrected chi connectivity index (χ4v) is 4.60. The van der Waals surface area contributed by atoms with Crippen LogP contribution in [0.4, 0.5) is 5.69 Å². The fourth-order valence-electron chi connectivity index (χ4n) is 4.60. The smallest absolute Gasteiger partial charge is 0.289 e. The zero-order chi connectivity index (χ0) is 24.8. The zero-order valence-corrected chi connectivity index (χ0v) is 20.2. The number of anilines is 1. The van der Waals surface area contributed by atoms with E-state index in [9.17, 15) is 14.4 Å². The lowest BCUT2D eigenvalue weighted by molar-refractivity contribution is -0.138. The van der Waals surface area contributed by atoms with Crippen molar-refractivity contribution < 1.29 is 28.3 Å². The molecule has 188 valence electrons. The topological polar surface area (TPSA) is 105 Å². The van der Waals surface area contributed by atoms with Gasteiger partial charge in [-0.3, -0.25) is 19.3 Å². The van der Waals surface area contributed by atoms with Crippen molar-refractivity contribution in [1.29, 1.82) is 0 Å². The van der Waals surface area contributed by atoms with Gasteiger partial charge in [0, 0.05) is 43.9 Å². The first kappa shape index (κ1) is 24.6. The molecule has 0 bridgehead atoms. The number of piperazine rings is 1. The summed E-state index contributed by atoms with van der Waals surface area (Å²) in [5.41, 5.74) is 0.641. The average Bonchev–Trinajstić information content (AvgIpc) is 3.43. The number of methoxy groups -OCH3 is 2. The van der Waals surface area contributed by atoms with Crippen molar-refractivity contribution in [2.45, 2.75) is 12.8 Å². The molecule has 0 aliphatic carbocycles. The first-order valence-electron chi connectivity index (χ1n) is 11.8. The van der Waals surface area contributed by atoms with Crippen LogP contribution in [0.25, 0.3) is 0 Å². The number of furan rings is 1. The van der Waals surface area contributed by atoms with Crippen LogP contribution in [0.1, 0.15) is 23.4 Å². The van der Waals surface area contributed by atoms with E-state index in [0.717, 1.165) is 0 Å². The summed E-state index contributed by atoms with van der Waals surface area (Å²) in [6.45, 7) is 3.70. The van der Waals surface area contributed by atoms with Crippen LogP contribution in [0.2, 0.25) is 0 Å². The fraction of sp³-hybridized carbons (Fsp3) is 0.480. The number of likely N-dealkylation sites (tertiary alicyclic amines) is 1. The van der Waals surface area contributed by atoms with E-state index >= 15 is 0 Å². The minimum atomic E-state index is -0.137. The highest BCUT2D eigenvalue weighted by atomic mass is 16.5. The SMILES string of the molecule is COc1ccc(NC(=O)CN2CCC(C(=O)N3CCN(C(=O)c4ccco4)CC3)CC2)cc1OC. The Kier molecular flexibility index (Phi) is 7.91. The van der Waals surface area contributed by atoms with Crippen LogP contribution in [0, 0.1) is 5.92 Å². The molecule has 0 unspecified atom stereocenters. The van der Waals surface area contributed by atoms with Gasteiger partial charge in [-0.2, -0.15) is 0 Å². The number of piperidine rings is 1. The summed E-state index contributed by atoms with van der Waals surface area (Å²) in [5.74, 6) is 1.32. The highest BCUT2D eigenvalue weighted by Gasteiger charge is 2.32. The Morgan fingerprint density at radius 3 is 2.26 bits per heavy atom. The Labute approximate surface area is 204 Å². The summed E-state index contributed by atoms with van der Waals surface area (Å²) in [6.07, 6.45) is 2.92. The molecule has 1 aromatic carbocycles. The molecule has 0 saturated carbocycles. The lowest BCUT2D eigenvalue weighted by atomic mass is 9.95. The van der Waals surface area contributed by atoms with Gasteiger partial charge in [-0.05, 0) is 50.2 Å². The number of carbonyl (C=O) groups excluding carboxylic acids is 3. The Morgan fingerprint density at radius 1 is 0.943 bits per heavy atom. The lowest BCUT2D eigenvalue weighted by Crippen LogP contribution is -2.53. The van der Waals surface area contributed by atoms with E-state index in [-0.39, 0.29) is 30.2 Å². The minimum Gasteiger partial charge on any atom is -0.493 e. The van der Waals surface area contributed by atoms with Gasteiger partial charge in [0.25, 0.3) is 5.91 Å². The van der Waals surface area contributed by atoms with E-state index in [4.69, 9.17) is 13.9 Å². The van der Waals surface area contributed by atoms with Gasteiger partial charge in [-0.25, -0.2) is 0 Å². The van der Waals surface area contributed by atoms with Crippen molar-refractivity contribution in [3.05, 3.63) is 42.4 Å². The summed E-state index contributed by atoms with van der Waals surface area (Å²) in [5, 5.41) is 2.89. The van der Waals surface area contributed by atoms with Gasteiger partial charge in [0.05, 0.1) is 27.0 Å². The molecule has 3 amide bonds. The second-order valence-electron chi connectivity index (χ2n) is 8.76. The number of hydrogen-bond acceptors (Lipinski definition) is 7. The van der Waals surface area contributed by atoms with Gasteiger partial charge in [0.15, 0.2) is 17.3 Å². The number of rotatable bonds is 7. The Balaban J connectivity index is 1.20. The maximum absolute atomic E-state index is 13.0. The normalized spacial score (nSPS) is 17.2. The molecule has 0 atom stereocenters. The maximum Gasteiger partial charge on any atom is 0.289 e. The van der Waals surface area contributed by atoms with Crippen LogP contribution in [-0.2, 0) is 9.59 Å². The third kappa shape index (κ3) is 5.94. The van der Waals surface area contributed by atoms with E-state index in [0.29, 0.717) is 75.1 Å². The Hall–Kier alpha value is -3.53. The third-order valence-corrected chi connectivity index (χ3v) is 6.58. The summed E-state index contributed by atoms with van der Waals surface area (Å²) in [7, 11) is 3.11. The molecule has 4 rings (SSSR count). The summed E-state index contributed by atoms with van der Waals surface area (Å²) < 4.78 is 15.7. The van der Waals surface area contributed by atoms with E-state index in [1.165, 1.54) is 6.26 Å². The van der Waals surface area contributed by atoms with Crippen LogP contribution in [0.5, 0.6) is 11.5 Å². The van der Waals surface area contributed by atoms with Gasteiger partial charge in [-0.1, -0.05) is 0 Å². The van der Waals surface area contributed by atoms with E-state index in [2.05, 4.69) is 10.2 Å². The first-order valence-corrected chi connectivity index (χ1v) is 11.8. The van der Waals surface area contributed by atoms with E-state index in [1.807, 2.05) is 4.90 Å². The van der Waals surface area contributed by atoms with Crippen molar-refractivity contribution in [3.63, 3.8) is 0 Å². The largest absolute Gasteiger partial charge is 0.493 e. The van der Waals surface area contributed by atoms with Crippen LogP contribution in [-0.4, -0.2) is 92.5 Å². The summed E-state index contributed by atoms with van der Waals surface area (Å²) >= 11 is 0. The first-order chi connectivity index (χ1) is 17.0. The number of amides is 3. The predicted octanol–water partition coefficient (Wildman–Crippen LogP) is 1.93. The molecule has 3 heterocycles. The molecule has 2 fully saturated rings. The molecule has 0 spiro atoms. The van der Waals surface area contributed by atoms with Crippen molar-refractivity contribution in [3.8, 4) is 11.5 Å². The van der Waals surface area contributed by atoms with Crippen LogP contribution in [0.15, 0.2) is 41.0 Å². The van der Waals surface area contributed by atoms with E-state index in [1.54, 1.807) is 49.5 Å². The maximum atomic E-state index is 13.0. The molecule has 1 N–H and O–H groups in total. The predicted molar refractivity (Wildman–Crippen MR) is 129 cm³/mol. The molecular formula is C25H32N4O6. The number of hydrogen-bond donors (Lipinski definition) is 1. The number of carbonyl (C=O) groups is 3. The van der Waals surface area contributed by atoms with Crippen LogP contribution < -0.4 is 14.8 Å². The number of benzene rings is 1. The minimum absolute atomic E-state index is 0.0486. The van der Waals surface area contributed by atoms with Gasteiger partial charge in [0.2, 0.25) is 11.8 Å². The monoisotopic (exact) mass is 484 g/mol.